The van der Waals surface area contributed by atoms with E-state index in [-0.39, 0.29) is 24.5 Å². The van der Waals surface area contributed by atoms with Crippen LogP contribution in [0.4, 0.5) is 0 Å². The molecule has 0 aromatic carbocycles. The molecule has 0 radical (unpaired) electrons. The van der Waals surface area contributed by atoms with Crippen LogP contribution in [-0.4, -0.2) is 52.9 Å². The quantitative estimate of drug-likeness (QED) is 0.836. The van der Waals surface area contributed by atoms with Crippen LogP contribution >= 0.6 is 0 Å². The molecule has 2 atom stereocenters. The molecule has 2 heterocycles. The van der Waals surface area contributed by atoms with Gasteiger partial charge in [-0.3, -0.25) is 9.69 Å². The van der Waals surface area contributed by atoms with Crippen molar-refractivity contribution in [3.63, 3.8) is 0 Å². The van der Waals surface area contributed by atoms with Crippen molar-refractivity contribution in [2.24, 2.45) is 5.92 Å². The largest absolute Gasteiger partial charge is 0.396 e. The zero-order valence-electron chi connectivity index (χ0n) is 12.0. The van der Waals surface area contributed by atoms with E-state index in [0.29, 0.717) is 17.7 Å². The lowest BCUT2D eigenvalue weighted by molar-refractivity contribution is 0.0912. The van der Waals surface area contributed by atoms with Gasteiger partial charge in [-0.15, -0.1) is 0 Å². The Morgan fingerprint density at radius 3 is 2.86 bits per heavy atom. The molecule has 1 aromatic rings. The molecule has 6 nitrogen and oxygen atoms in total. The first kappa shape index (κ1) is 13.3. The number of aliphatic hydroxyl groups excluding tert-OH is 1. The molecule has 2 N–H and O–H groups in total. The maximum atomic E-state index is 12.3. The third kappa shape index (κ3) is 2.70. The molecule has 4 rings (SSSR count). The number of aromatic nitrogens is 1. The highest BCUT2D eigenvalue weighted by Crippen LogP contribution is 2.40. The fourth-order valence-electron chi connectivity index (χ4n) is 3.19. The fourth-order valence-corrected chi connectivity index (χ4v) is 3.19. The van der Waals surface area contributed by atoms with Crippen molar-refractivity contribution in [2.75, 3.05) is 19.7 Å². The first-order valence-corrected chi connectivity index (χ1v) is 7.87. The first-order chi connectivity index (χ1) is 10.2. The number of amides is 1. The van der Waals surface area contributed by atoms with Gasteiger partial charge in [-0.25, -0.2) is 0 Å². The molecule has 2 aliphatic carbocycles. The summed E-state index contributed by atoms with van der Waals surface area (Å²) in [4.78, 5) is 14.7. The number of carbonyl (C=O) groups excluding carboxylic acids is 1. The third-order valence-electron chi connectivity index (χ3n) is 4.82. The molecule has 1 aromatic heterocycles. The Balaban J connectivity index is 1.40. The van der Waals surface area contributed by atoms with Crippen LogP contribution in [0.5, 0.6) is 0 Å². The maximum absolute atomic E-state index is 12.3. The summed E-state index contributed by atoms with van der Waals surface area (Å²) in [6.07, 6.45) is 4.74. The third-order valence-corrected chi connectivity index (χ3v) is 4.82. The zero-order chi connectivity index (χ0) is 14.4. The van der Waals surface area contributed by atoms with Gasteiger partial charge >= 0.3 is 0 Å². The number of nitrogens with zero attached hydrogens (tertiary/aromatic N) is 2. The van der Waals surface area contributed by atoms with Crippen LogP contribution in [-0.2, 0) is 0 Å². The van der Waals surface area contributed by atoms with E-state index >= 15 is 0 Å². The van der Waals surface area contributed by atoms with E-state index < -0.39 is 0 Å². The van der Waals surface area contributed by atoms with Gasteiger partial charge in [0, 0.05) is 49.7 Å². The van der Waals surface area contributed by atoms with E-state index in [1.807, 2.05) is 0 Å². The van der Waals surface area contributed by atoms with Crippen LogP contribution in [0.15, 0.2) is 10.6 Å². The number of hydrogen-bond donors (Lipinski definition) is 2. The first-order valence-electron chi connectivity index (χ1n) is 7.87. The molecule has 21 heavy (non-hydrogen) atoms. The molecule has 0 spiro atoms. The smallest absolute Gasteiger partial charge is 0.273 e. The van der Waals surface area contributed by atoms with Crippen molar-refractivity contribution in [3.8, 4) is 0 Å². The normalized spacial score (nSPS) is 29.8. The number of hydrogen-bond acceptors (Lipinski definition) is 5. The van der Waals surface area contributed by atoms with Crippen molar-refractivity contribution >= 4 is 5.91 Å². The molecular weight excluding hydrogens is 270 g/mol. The minimum absolute atomic E-state index is 0.00387. The second-order valence-corrected chi connectivity index (χ2v) is 6.60. The van der Waals surface area contributed by atoms with Gasteiger partial charge in [0.15, 0.2) is 5.69 Å². The van der Waals surface area contributed by atoms with E-state index in [4.69, 9.17) is 4.52 Å². The van der Waals surface area contributed by atoms with Gasteiger partial charge in [-0.05, 0) is 25.7 Å². The molecule has 1 amide bonds. The Morgan fingerprint density at radius 2 is 2.19 bits per heavy atom. The molecule has 1 saturated heterocycles. The van der Waals surface area contributed by atoms with Crippen molar-refractivity contribution < 1.29 is 14.4 Å². The average Bonchev–Trinajstić information content (AvgIpc) is 3.42. The number of carbonyl (C=O) groups is 1. The Morgan fingerprint density at radius 1 is 1.38 bits per heavy atom. The minimum Gasteiger partial charge on any atom is -0.396 e. The van der Waals surface area contributed by atoms with Crippen LogP contribution in [0.2, 0.25) is 0 Å². The number of likely N-dealkylation sites (tertiary alicyclic amines) is 1. The molecule has 1 aliphatic heterocycles. The average molecular weight is 291 g/mol. The summed E-state index contributed by atoms with van der Waals surface area (Å²) in [6.45, 7) is 1.81. The highest BCUT2D eigenvalue weighted by molar-refractivity contribution is 5.92. The summed E-state index contributed by atoms with van der Waals surface area (Å²) >= 11 is 0. The molecule has 6 heteroatoms. The number of aliphatic hydroxyl groups is 1. The Kier molecular flexibility index (Phi) is 3.23. The van der Waals surface area contributed by atoms with Gasteiger partial charge < -0.3 is 14.9 Å². The number of rotatable bonds is 5. The van der Waals surface area contributed by atoms with E-state index in [0.717, 1.165) is 31.7 Å². The van der Waals surface area contributed by atoms with Gasteiger partial charge in [0.25, 0.3) is 5.91 Å². The van der Waals surface area contributed by atoms with E-state index in [9.17, 15) is 9.90 Å². The lowest BCUT2D eigenvalue weighted by Gasteiger charge is -2.17. The summed E-state index contributed by atoms with van der Waals surface area (Å²) < 4.78 is 5.23. The summed E-state index contributed by atoms with van der Waals surface area (Å²) in [5, 5.41) is 16.4. The van der Waals surface area contributed by atoms with Gasteiger partial charge in [0.1, 0.15) is 5.76 Å². The van der Waals surface area contributed by atoms with Crippen molar-refractivity contribution in [2.45, 2.75) is 43.7 Å². The molecule has 2 saturated carbocycles. The van der Waals surface area contributed by atoms with E-state index in [1.165, 1.54) is 12.8 Å². The second kappa shape index (κ2) is 5.10. The Bertz CT molecular complexity index is 536. The predicted molar refractivity (Wildman–Crippen MR) is 74.9 cm³/mol. The van der Waals surface area contributed by atoms with Crippen LogP contribution in [0, 0.1) is 5.92 Å². The van der Waals surface area contributed by atoms with Crippen molar-refractivity contribution in [3.05, 3.63) is 17.5 Å². The summed E-state index contributed by atoms with van der Waals surface area (Å²) in [5.74, 6) is 1.21. The minimum atomic E-state index is -0.188. The standard InChI is InChI=1S/C15H21N3O3/c19-8-10-6-18(11-3-4-11)7-13(10)16-15(20)12-5-14(21-17-12)9-1-2-9/h5,9-11,13,19H,1-4,6-8H2,(H,16,20)/t10-,13-/m1/s1. The molecule has 114 valence electrons. The van der Waals surface area contributed by atoms with Crippen LogP contribution in [0.25, 0.3) is 0 Å². The molecular formula is C15H21N3O3. The van der Waals surface area contributed by atoms with Crippen LogP contribution in [0.3, 0.4) is 0 Å². The van der Waals surface area contributed by atoms with E-state index in [2.05, 4.69) is 15.4 Å². The lowest BCUT2D eigenvalue weighted by atomic mass is 10.1. The summed E-state index contributed by atoms with van der Waals surface area (Å²) in [6, 6.07) is 2.42. The highest BCUT2D eigenvalue weighted by atomic mass is 16.5. The lowest BCUT2D eigenvalue weighted by Crippen LogP contribution is -2.41. The van der Waals surface area contributed by atoms with Gasteiger partial charge in [-0.1, -0.05) is 5.16 Å². The monoisotopic (exact) mass is 291 g/mol. The Hall–Kier alpha value is -1.40. The summed E-state index contributed by atoms with van der Waals surface area (Å²) in [5.41, 5.74) is 0.360. The maximum Gasteiger partial charge on any atom is 0.273 e. The Labute approximate surface area is 123 Å². The SMILES string of the molecule is O=C(N[C@@H]1CN(C2CC2)C[C@@H]1CO)c1cc(C2CC2)on1. The summed E-state index contributed by atoms with van der Waals surface area (Å²) in [7, 11) is 0. The van der Waals surface area contributed by atoms with Gasteiger partial charge in [-0.2, -0.15) is 0 Å². The zero-order valence-corrected chi connectivity index (χ0v) is 12.0. The molecule has 0 unspecified atom stereocenters. The van der Waals surface area contributed by atoms with Crippen LogP contribution in [0.1, 0.15) is 47.8 Å². The topological polar surface area (TPSA) is 78.6 Å². The van der Waals surface area contributed by atoms with E-state index in [1.54, 1.807) is 6.07 Å². The van der Waals surface area contributed by atoms with Crippen molar-refractivity contribution in [1.29, 1.82) is 0 Å². The number of nitrogens with one attached hydrogen (secondary N) is 1. The van der Waals surface area contributed by atoms with Crippen molar-refractivity contribution in [1.82, 2.24) is 15.4 Å². The fraction of sp³-hybridized carbons (Fsp3) is 0.733. The van der Waals surface area contributed by atoms with Gasteiger partial charge in [0.2, 0.25) is 0 Å². The van der Waals surface area contributed by atoms with Gasteiger partial charge in [0.05, 0.1) is 0 Å². The highest BCUT2D eigenvalue weighted by Gasteiger charge is 2.40. The van der Waals surface area contributed by atoms with Crippen LogP contribution < -0.4 is 5.32 Å². The second-order valence-electron chi connectivity index (χ2n) is 6.60. The molecule has 3 aliphatic rings. The predicted octanol–water partition coefficient (Wildman–Crippen LogP) is 0.737. The molecule has 0 bridgehead atoms. The molecule has 3 fully saturated rings.